The smallest absolute Gasteiger partial charge is 0.543 e. The van der Waals surface area contributed by atoms with Gasteiger partial charge in [-0.15, -0.1) is 0 Å². The van der Waals surface area contributed by atoms with Crippen LogP contribution in [-0.2, 0) is 9.59 Å². The van der Waals surface area contributed by atoms with Crippen LogP contribution in [0.15, 0.2) is 30.2 Å². The molecule has 0 spiro atoms. The number of hydrogen-bond donors (Lipinski definition) is 1. The Bertz CT molecular complexity index is 615. The second-order valence-electron chi connectivity index (χ2n) is 5.10. The van der Waals surface area contributed by atoms with Crippen molar-refractivity contribution < 1.29 is 49.4 Å². The van der Waals surface area contributed by atoms with Gasteiger partial charge in [-0.25, -0.2) is 0 Å². The number of pyridine rings is 1. The minimum atomic E-state index is -1.37. The van der Waals surface area contributed by atoms with Crippen LogP contribution >= 0.6 is 0 Å². The molecule has 1 saturated heterocycles. The van der Waals surface area contributed by atoms with Crippen LogP contribution in [-0.4, -0.2) is 39.0 Å². The molecular weight excluding hydrogens is 283 g/mol. The first-order valence-corrected chi connectivity index (χ1v) is 6.38. The average molecular weight is 296 g/mol. The maximum absolute atomic E-state index is 12.0. The molecule has 3 atom stereocenters. The molecule has 0 radical (unpaired) electrons. The van der Waals surface area contributed by atoms with Crippen molar-refractivity contribution in [1.82, 2.24) is 9.88 Å². The quantitative estimate of drug-likeness (QED) is 0.455. The standard InChI is InChI=1S/C14H14N2O4.Na/c1-7(17)11-10-5-9(8-3-2-4-15-6-8)12(14(19)20)16(10)13(11)18;/h2-4,6-7,10-11,17H,5H2,1H3,(H,19,20);/q;+1/p-1/t7-,10-,11-;/m1./s1. The van der Waals surface area contributed by atoms with Crippen LogP contribution in [0.4, 0.5) is 0 Å². The summed E-state index contributed by atoms with van der Waals surface area (Å²) in [7, 11) is 0. The number of aromatic nitrogens is 1. The number of aliphatic hydroxyl groups excluding tert-OH is 1. The maximum Gasteiger partial charge on any atom is 1.00 e. The molecule has 0 aromatic carbocycles. The van der Waals surface area contributed by atoms with Crippen molar-refractivity contribution in [3.63, 3.8) is 0 Å². The largest absolute Gasteiger partial charge is 1.00 e. The summed E-state index contributed by atoms with van der Waals surface area (Å²) in [6.45, 7) is 1.54. The van der Waals surface area contributed by atoms with Gasteiger partial charge in [-0.3, -0.25) is 9.78 Å². The molecule has 1 fully saturated rings. The molecule has 1 aromatic rings. The van der Waals surface area contributed by atoms with Gasteiger partial charge < -0.3 is 19.9 Å². The number of carbonyl (C=O) groups is 2. The van der Waals surface area contributed by atoms with Crippen molar-refractivity contribution in [2.75, 3.05) is 0 Å². The number of carboxylic acid groups (broad SMARTS) is 1. The van der Waals surface area contributed by atoms with E-state index in [1.165, 1.54) is 4.90 Å². The molecule has 7 heteroatoms. The van der Waals surface area contributed by atoms with Gasteiger partial charge in [0.15, 0.2) is 0 Å². The molecule has 2 aliphatic heterocycles. The van der Waals surface area contributed by atoms with Gasteiger partial charge in [0.1, 0.15) is 0 Å². The Labute approximate surface area is 143 Å². The van der Waals surface area contributed by atoms with E-state index in [0.29, 0.717) is 17.6 Å². The summed E-state index contributed by atoms with van der Waals surface area (Å²) in [4.78, 5) is 28.6. The average Bonchev–Trinajstić information content (AvgIpc) is 2.74. The van der Waals surface area contributed by atoms with Crippen molar-refractivity contribution in [2.45, 2.75) is 25.5 Å². The van der Waals surface area contributed by atoms with E-state index in [1.54, 1.807) is 31.5 Å². The summed E-state index contributed by atoms with van der Waals surface area (Å²) in [5, 5.41) is 21.0. The van der Waals surface area contributed by atoms with Crippen LogP contribution in [0.5, 0.6) is 0 Å². The van der Waals surface area contributed by atoms with Gasteiger partial charge in [0.2, 0.25) is 5.91 Å². The topological polar surface area (TPSA) is 93.6 Å². The third-order valence-corrected chi connectivity index (χ3v) is 3.93. The van der Waals surface area contributed by atoms with Crippen molar-refractivity contribution in [2.24, 2.45) is 5.92 Å². The minimum absolute atomic E-state index is 0. The van der Waals surface area contributed by atoms with E-state index in [1.807, 2.05) is 0 Å². The van der Waals surface area contributed by atoms with E-state index >= 15 is 0 Å². The number of aliphatic hydroxyl groups is 1. The number of rotatable bonds is 3. The zero-order valence-corrected chi connectivity index (χ0v) is 13.8. The van der Waals surface area contributed by atoms with Crippen LogP contribution in [0.25, 0.3) is 5.57 Å². The number of carboxylic acids is 1. The zero-order chi connectivity index (χ0) is 14.4. The molecule has 0 saturated carbocycles. The number of carbonyl (C=O) groups excluding carboxylic acids is 2. The Morgan fingerprint density at radius 2 is 2.29 bits per heavy atom. The molecule has 0 bridgehead atoms. The summed E-state index contributed by atoms with van der Waals surface area (Å²) >= 11 is 0. The number of amides is 1. The molecule has 1 N–H and O–H groups in total. The fraction of sp³-hybridized carbons (Fsp3) is 0.357. The molecule has 6 nitrogen and oxygen atoms in total. The van der Waals surface area contributed by atoms with Gasteiger partial charge in [-0.1, -0.05) is 6.07 Å². The summed E-state index contributed by atoms with van der Waals surface area (Å²) in [5.41, 5.74) is 1.11. The normalized spacial score (nSPS) is 25.0. The fourth-order valence-electron chi connectivity index (χ4n) is 3.06. The van der Waals surface area contributed by atoms with Gasteiger partial charge in [-0.2, -0.15) is 0 Å². The Morgan fingerprint density at radius 1 is 1.57 bits per heavy atom. The molecule has 104 valence electrons. The van der Waals surface area contributed by atoms with E-state index in [0.717, 1.165) is 0 Å². The monoisotopic (exact) mass is 296 g/mol. The molecule has 0 unspecified atom stereocenters. The first kappa shape index (κ1) is 16.2. The first-order chi connectivity index (χ1) is 9.52. The van der Waals surface area contributed by atoms with Crippen molar-refractivity contribution in [3.8, 4) is 0 Å². The number of hydrogen-bond acceptors (Lipinski definition) is 5. The number of β-lactam (4-membered cyclic amide) rings is 1. The molecule has 1 aromatic heterocycles. The molecule has 3 heterocycles. The Hall–Kier alpha value is -1.21. The Morgan fingerprint density at radius 3 is 2.81 bits per heavy atom. The third kappa shape index (κ3) is 2.42. The summed E-state index contributed by atoms with van der Waals surface area (Å²) in [6, 6.07) is 3.16. The Kier molecular flexibility index (Phi) is 4.53. The fourth-order valence-corrected chi connectivity index (χ4v) is 3.06. The van der Waals surface area contributed by atoms with Crippen LogP contribution in [0, 0.1) is 5.92 Å². The minimum Gasteiger partial charge on any atom is -0.543 e. The van der Waals surface area contributed by atoms with Gasteiger partial charge >= 0.3 is 29.6 Å². The van der Waals surface area contributed by atoms with E-state index in [2.05, 4.69) is 4.98 Å². The van der Waals surface area contributed by atoms with Gasteiger partial charge in [0.25, 0.3) is 0 Å². The van der Waals surface area contributed by atoms with E-state index in [9.17, 15) is 19.8 Å². The second-order valence-corrected chi connectivity index (χ2v) is 5.10. The molecule has 21 heavy (non-hydrogen) atoms. The number of nitrogens with zero attached hydrogens (tertiary/aromatic N) is 2. The SMILES string of the molecule is C[C@@H](O)[C@H]1C(=O)N2C(C(=O)[O-])=C(c3cccnc3)C[C@H]12.[Na+]. The van der Waals surface area contributed by atoms with Crippen LogP contribution in [0.2, 0.25) is 0 Å². The van der Waals surface area contributed by atoms with Gasteiger partial charge in [0, 0.05) is 12.4 Å². The molecule has 1 amide bonds. The molecule has 0 aliphatic carbocycles. The first-order valence-electron chi connectivity index (χ1n) is 6.38. The van der Waals surface area contributed by atoms with Crippen molar-refractivity contribution >= 4 is 17.4 Å². The third-order valence-electron chi connectivity index (χ3n) is 3.93. The van der Waals surface area contributed by atoms with Crippen LogP contribution in [0.3, 0.4) is 0 Å². The van der Waals surface area contributed by atoms with Crippen molar-refractivity contribution in [1.29, 1.82) is 0 Å². The number of aliphatic carboxylic acids is 1. The van der Waals surface area contributed by atoms with E-state index in [-0.39, 0.29) is 47.2 Å². The molecular formula is C14H13N2NaO4. The summed E-state index contributed by atoms with van der Waals surface area (Å²) < 4.78 is 0. The zero-order valence-electron chi connectivity index (χ0n) is 11.8. The van der Waals surface area contributed by atoms with Crippen LogP contribution < -0.4 is 34.7 Å². The summed E-state index contributed by atoms with van der Waals surface area (Å²) in [5.74, 6) is -2.27. The predicted molar refractivity (Wildman–Crippen MR) is 66.6 cm³/mol. The second kappa shape index (κ2) is 5.88. The van der Waals surface area contributed by atoms with Gasteiger partial charge in [-0.05, 0) is 30.5 Å². The Balaban J connectivity index is 0.00000161. The maximum atomic E-state index is 12.0. The molecule has 3 rings (SSSR count). The predicted octanol–water partition coefficient (Wildman–Crippen LogP) is -3.84. The van der Waals surface area contributed by atoms with E-state index in [4.69, 9.17) is 0 Å². The van der Waals surface area contributed by atoms with Crippen molar-refractivity contribution in [3.05, 3.63) is 35.8 Å². The number of fused-ring (bicyclic) bond motifs is 1. The van der Waals surface area contributed by atoms with E-state index < -0.39 is 18.0 Å². The molecule has 2 aliphatic rings. The summed E-state index contributed by atoms with van der Waals surface area (Å²) in [6.07, 6.45) is 2.76. The van der Waals surface area contributed by atoms with Crippen LogP contribution in [0.1, 0.15) is 18.9 Å². The van der Waals surface area contributed by atoms with Gasteiger partial charge in [0.05, 0.1) is 29.7 Å².